The Morgan fingerprint density at radius 2 is 2.20 bits per heavy atom. The van der Waals surface area contributed by atoms with E-state index in [1.807, 2.05) is 30.1 Å². The van der Waals surface area contributed by atoms with E-state index in [0.29, 0.717) is 6.54 Å². The van der Waals surface area contributed by atoms with E-state index in [9.17, 15) is 10.2 Å². The van der Waals surface area contributed by atoms with Crippen molar-refractivity contribution >= 4 is 0 Å². The van der Waals surface area contributed by atoms with E-state index in [1.54, 1.807) is 6.20 Å². The lowest BCUT2D eigenvalue weighted by molar-refractivity contribution is -0.0193. The number of aromatic nitrogens is 1. The third-order valence-electron chi connectivity index (χ3n) is 3.83. The fourth-order valence-electron chi connectivity index (χ4n) is 2.70. The van der Waals surface area contributed by atoms with Crippen molar-refractivity contribution in [3.8, 4) is 0 Å². The Labute approximate surface area is 119 Å². The molecule has 1 aromatic rings. The highest BCUT2D eigenvalue weighted by molar-refractivity contribution is 5.04. The number of aliphatic hydroxyl groups excluding tert-OH is 2. The first-order chi connectivity index (χ1) is 9.67. The van der Waals surface area contributed by atoms with Crippen LogP contribution in [0.25, 0.3) is 0 Å². The molecule has 20 heavy (non-hydrogen) atoms. The summed E-state index contributed by atoms with van der Waals surface area (Å²) in [5, 5.41) is 19.4. The van der Waals surface area contributed by atoms with E-state index in [4.69, 9.17) is 10.5 Å². The molecule has 0 aromatic carbocycles. The number of rotatable bonds is 6. The zero-order chi connectivity index (χ0) is 14.5. The molecule has 0 amide bonds. The van der Waals surface area contributed by atoms with Crippen LogP contribution in [0.1, 0.15) is 5.69 Å². The summed E-state index contributed by atoms with van der Waals surface area (Å²) >= 11 is 0. The van der Waals surface area contributed by atoms with Gasteiger partial charge in [0.05, 0.1) is 18.8 Å². The summed E-state index contributed by atoms with van der Waals surface area (Å²) in [5.74, 6) is 0. The summed E-state index contributed by atoms with van der Waals surface area (Å²) in [4.78, 5) is 6.32. The first-order valence-electron chi connectivity index (χ1n) is 6.92. The predicted molar refractivity (Wildman–Crippen MR) is 75.2 cm³/mol. The van der Waals surface area contributed by atoms with Crippen LogP contribution < -0.4 is 5.73 Å². The summed E-state index contributed by atoms with van der Waals surface area (Å²) in [5.41, 5.74) is 6.70. The van der Waals surface area contributed by atoms with Crippen LogP contribution in [-0.4, -0.2) is 71.2 Å². The Kier molecular flexibility index (Phi) is 5.45. The molecule has 0 radical (unpaired) electrons. The molecule has 1 fully saturated rings. The van der Waals surface area contributed by atoms with E-state index in [0.717, 1.165) is 18.7 Å². The van der Waals surface area contributed by atoms with Gasteiger partial charge in [0, 0.05) is 31.4 Å². The van der Waals surface area contributed by atoms with Crippen LogP contribution in [0.3, 0.4) is 0 Å². The number of aliphatic hydroxyl groups is 2. The molecule has 1 aliphatic heterocycles. The van der Waals surface area contributed by atoms with Gasteiger partial charge in [0.1, 0.15) is 12.2 Å². The third kappa shape index (κ3) is 3.34. The summed E-state index contributed by atoms with van der Waals surface area (Å²) in [6.07, 6.45) is 1.04. The lowest BCUT2D eigenvalue weighted by atomic mass is 10.0. The summed E-state index contributed by atoms with van der Waals surface area (Å²) in [7, 11) is 1.93. The average molecular weight is 281 g/mol. The summed E-state index contributed by atoms with van der Waals surface area (Å²) < 4.78 is 5.58. The Morgan fingerprint density at radius 3 is 2.80 bits per heavy atom. The molecule has 1 saturated heterocycles. The van der Waals surface area contributed by atoms with Gasteiger partial charge in [0.2, 0.25) is 0 Å². The monoisotopic (exact) mass is 281 g/mol. The van der Waals surface area contributed by atoms with Gasteiger partial charge in [-0.15, -0.1) is 0 Å². The van der Waals surface area contributed by atoms with E-state index in [1.165, 1.54) is 0 Å². The van der Waals surface area contributed by atoms with Crippen molar-refractivity contribution in [1.29, 1.82) is 0 Å². The smallest absolute Gasteiger partial charge is 0.109 e. The van der Waals surface area contributed by atoms with Gasteiger partial charge in [-0.1, -0.05) is 6.07 Å². The highest BCUT2D eigenvalue weighted by Gasteiger charge is 2.44. The van der Waals surface area contributed by atoms with Crippen molar-refractivity contribution in [2.24, 2.45) is 5.73 Å². The largest absolute Gasteiger partial charge is 0.394 e. The number of pyridine rings is 1. The van der Waals surface area contributed by atoms with Crippen molar-refractivity contribution in [1.82, 2.24) is 9.88 Å². The van der Waals surface area contributed by atoms with Crippen LogP contribution in [0, 0.1) is 0 Å². The molecule has 2 rings (SSSR count). The van der Waals surface area contributed by atoms with Crippen LogP contribution in [0.15, 0.2) is 24.4 Å². The van der Waals surface area contributed by atoms with Crippen LogP contribution in [-0.2, 0) is 11.2 Å². The average Bonchev–Trinajstić information content (AvgIpc) is 2.82. The third-order valence-corrected chi connectivity index (χ3v) is 3.83. The minimum atomic E-state index is -0.720. The number of hydrogen-bond acceptors (Lipinski definition) is 6. The Balaban J connectivity index is 1.95. The molecule has 4 atom stereocenters. The molecular formula is C14H23N3O3. The van der Waals surface area contributed by atoms with Gasteiger partial charge in [0.15, 0.2) is 0 Å². The lowest BCUT2D eigenvalue weighted by Gasteiger charge is -2.29. The Morgan fingerprint density at radius 1 is 1.40 bits per heavy atom. The Hall–Kier alpha value is -1.05. The normalized spacial score (nSPS) is 30.1. The molecule has 2 heterocycles. The highest BCUT2D eigenvalue weighted by Crippen LogP contribution is 2.24. The molecule has 0 spiro atoms. The number of hydrogen-bond donors (Lipinski definition) is 3. The number of likely N-dealkylation sites (N-methyl/N-ethyl adjacent to an activating group) is 1. The predicted octanol–water partition coefficient (Wildman–Crippen LogP) is -0.996. The van der Waals surface area contributed by atoms with Crippen molar-refractivity contribution in [2.75, 3.05) is 26.7 Å². The second-order valence-electron chi connectivity index (χ2n) is 5.16. The minimum Gasteiger partial charge on any atom is -0.394 e. The number of nitrogens with zero attached hydrogens (tertiary/aromatic N) is 2. The van der Waals surface area contributed by atoms with Crippen LogP contribution >= 0.6 is 0 Å². The molecule has 6 nitrogen and oxygen atoms in total. The van der Waals surface area contributed by atoms with Crippen LogP contribution in [0.4, 0.5) is 0 Å². The zero-order valence-electron chi connectivity index (χ0n) is 11.7. The molecule has 112 valence electrons. The second-order valence-corrected chi connectivity index (χ2v) is 5.16. The number of nitrogens with two attached hydrogens (primary N) is 1. The van der Waals surface area contributed by atoms with Crippen molar-refractivity contribution < 1.29 is 14.9 Å². The fraction of sp³-hybridized carbons (Fsp3) is 0.643. The first-order valence-corrected chi connectivity index (χ1v) is 6.92. The maximum atomic E-state index is 10.2. The van der Waals surface area contributed by atoms with Crippen molar-refractivity contribution in [3.63, 3.8) is 0 Å². The summed E-state index contributed by atoms with van der Waals surface area (Å²) in [6, 6.07) is 5.63. The van der Waals surface area contributed by atoms with Gasteiger partial charge in [-0.25, -0.2) is 0 Å². The van der Waals surface area contributed by atoms with Gasteiger partial charge >= 0.3 is 0 Å². The van der Waals surface area contributed by atoms with Gasteiger partial charge in [0.25, 0.3) is 0 Å². The fourth-order valence-corrected chi connectivity index (χ4v) is 2.70. The molecular weight excluding hydrogens is 258 g/mol. The van der Waals surface area contributed by atoms with Crippen LogP contribution in [0.5, 0.6) is 0 Å². The zero-order valence-corrected chi connectivity index (χ0v) is 11.7. The van der Waals surface area contributed by atoms with E-state index < -0.39 is 12.2 Å². The van der Waals surface area contributed by atoms with Gasteiger partial charge < -0.3 is 20.7 Å². The molecule has 1 aliphatic rings. The standard InChI is InChI=1S/C14H23N3O3/c1-17(7-5-10-4-2-3-6-16-10)13-11(8-15)20-12(9-18)14(13)19/h2-4,6,11-14,18-19H,5,7-9,15H2,1H3/t11-,12+,13+,14-/m1/s1. The SMILES string of the molecule is CN(CCc1ccccn1)[C@@H]1[C@H](O)[C@H](CO)O[C@@H]1CN. The number of ether oxygens (including phenoxy) is 1. The van der Waals surface area contributed by atoms with E-state index >= 15 is 0 Å². The Bertz CT molecular complexity index is 402. The van der Waals surface area contributed by atoms with Crippen molar-refractivity contribution in [3.05, 3.63) is 30.1 Å². The molecule has 0 unspecified atom stereocenters. The summed E-state index contributed by atoms with van der Waals surface area (Å²) in [6.45, 7) is 0.880. The maximum absolute atomic E-state index is 10.2. The molecule has 1 aromatic heterocycles. The second kappa shape index (κ2) is 7.10. The maximum Gasteiger partial charge on any atom is 0.109 e. The molecule has 4 N–H and O–H groups in total. The lowest BCUT2D eigenvalue weighted by Crippen LogP contribution is -2.49. The van der Waals surface area contributed by atoms with Crippen LogP contribution in [0.2, 0.25) is 0 Å². The van der Waals surface area contributed by atoms with Gasteiger partial charge in [-0.05, 0) is 19.2 Å². The molecule has 6 heteroatoms. The van der Waals surface area contributed by atoms with Gasteiger partial charge in [-0.2, -0.15) is 0 Å². The minimum absolute atomic E-state index is 0.192. The van der Waals surface area contributed by atoms with E-state index in [-0.39, 0.29) is 18.8 Å². The highest BCUT2D eigenvalue weighted by atomic mass is 16.5. The topological polar surface area (TPSA) is 91.8 Å². The quantitative estimate of drug-likeness (QED) is 0.620. The van der Waals surface area contributed by atoms with Crippen molar-refractivity contribution in [2.45, 2.75) is 30.8 Å². The molecule has 0 bridgehead atoms. The van der Waals surface area contributed by atoms with Gasteiger partial charge in [-0.3, -0.25) is 9.88 Å². The first kappa shape index (κ1) is 15.3. The molecule has 0 aliphatic carbocycles. The molecule has 0 saturated carbocycles. The van der Waals surface area contributed by atoms with E-state index in [2.05, 4.69) is 4.98 Å².